The number of anilines is 2. The average molecular weight is 1070 g/mol. The molecular weight excluding hydrogens is 997 g/mol. The Labute approximate surface area is 454 Å². The molecule has 6 amide bonds. The number of fused-ring (bicyclic) bond motifs is 9. The van der Waals surface area contributed by atoms with Crippen LogP contribution in [0.25, 0.3) is 12.2 Å². The van der Waals surface area contributed by atoms with E-state index in [1.165, 1.54) is 4.90 Å². The maximum Gasteiger partial charge on any atom is 0.246 e. The van der Waals surface area contributed by atoms with Gasteiger partial charge in [-0.3, -0.25) is 38.4 Å². The van der Waals surface area contributed by atoms with E-state index in [9.17, 15) is 43.5 Å². The number of nitrogens with one attached hydrogen (secondary N) is 4. The van der Waals surface area contributed by atoms with E-state index in [0.29, 0.717) is 43.5 Å². The van der Waals surface area contributed by atoms with E-state index in [1.54, 1.807) is 48.2 Å². The monoisotopic (exact) mass is 1070 g/mol. The molecule has 4 fully saturated rings. The normalized spacial score (nSPS) is 27.6. The third-order valence-electron chi connectivity index (χ3n) is 17.1. The fourth-order valence-electron chi connectivity index (χ4n) is 13.3. The first-order valence-electron chi connectivity index (χ1n) is 27.1. The number of Topliss-reactive ketones (excluding diaryl/α,β-unsaturated/α-hetero) is 1. The molecule has 0 aromatic heterocycles. The zero-order valence-electron chi connectivity index (χ0n) is 44.7. The van der Waals surface area contributed by atoms with Gasteiger partial charge in [-0.2, -0.15) is 0 Å². The van der Waals surface area contributed by atoms with Crippen LogP contribution in [0.5, 0.6) is 0 Å². The van der Waals surface area contributed by atoms with E-state index in [0.717, 1.165) is 40.8 Å². The Morgan fingerprint density at radius 2 is 1.51 bits per heavy atom. The molecule has 78 heavy (non-hydrogen) atoms. The van der Waals surface area contributed by atoms with Gasteiger partial charge in [-0.25, -0.2) is 0 Å². The number of aryl methyl sites for hydroxylation is 1. The summed E-state index contributed by atoms with van der Waals surface area (Å²) in [6.07, 6.45) is 10.7. The molecule has 2 heterocycles. The summed E-state index contributed by atoms with van der Waals surface area (Å²) in [4.78, 5) is 109. The van der Waals surface area contributed by atoms with Crippen LogP contribution in [0.1, 0.15) is 94.4 Å². The van der Waals surface area contributed by atoms with Gasteiger partial charge >= 0.3 is 0 Å². The minimum atomic E-state index is -1.41. The fraction of sp³-hybridized carbons (Fsp3) is 0.467. The van der Waals surface area contributed by atoms with Crippen molar-refractivity contribution in [3.8, 4) is 0 Å². The SMILES string of the molecule is CCCC1O[C@@H]2CC3[C@@H]4CCC5=CC(=O)C=C[C@]5(C)C4[C@@H](O)C[C@]3(C)[C@]2(C(=O)COCNC(=O)CN(C(=O)CNC(=O)CNC(=O)CNC(=O)CCC(=O)N2Cc3ccccc3/C=C\c3ccccc32)c2ccccc2C)O1. The average Bonchev–Trinajstić information content (AvgIpc) is 3.94. The summed E-state index contributed by atoms with van der Waals surface area (Å²) < 4.78 is 19.1. The number of para-hydroxylation sites is 2. The van der Waals surface area contributed by atoms with Crippen LogP contribution in [-0.4, -0.2) is 116 Å². The third kappa shape index (κ3) is 11.1. The van der Waals surface area contributed by atoms with Crippen molar-refractivity contribution in [2.75, 3.05) is 49.3 Å². The Bertz CT molecular complexity index is 2950. The predicted octanol–water partition coefficient (Wildman–Crippen LogP) is 5.00. The number of amides is 6. The second kappa shape index (κ2) is 23.5. The lowest BCUT2D eigenvalue weighted by molar-refractivity contribution is -0.201. The lowest BCUT2D eigenvalue weighted by Crippen LogP contribution is -2.63. The molecular formula is C60H70N6O12. The molecule has 0 radical (unpaired) electrons. The van der Waals surface area contributed by atoms with Crippen molar-refractivity contribution in [1.29, 1.82) is 0 Å². The lowest BCUT2D eigenvalue weighted by Gasteiger charge is -2.59. The maximum absolute atomic E-state index is 14.7. The van der Waals surface area contributed by atoms with Crippen LogP contribution in [0.3, 0.4) is 0 Å². The summed E-state index contributed by atoms with van der Waals surface area (Å²) in [7, 11) is 0. The second-order valence-corrected chi connectivity index (χ2v) is 21.8. The Kier molecular flexibility index (Phi) is 16.7. The van der Waals surface area contributed by atoms with Crippen molar-refractivity contribution >= 4 is 70.5 Å². The molecule has 5 N–H and O–H groups in total. The van der Waals surface area contributed by atoms with Crippen LogP contribution < -0.4 is 31.1 Å². The van der Waals surface area contributed by atoms with Crippen LogP contribution in [0.15, 0.2) is 96.6 Å². The number of allylic oxidation sites excluding steroid dienone is 4. The van der Waals surface area contributed by atoms with Gasteiger partial charge in [0.05, 0.1) is 44.1 Å². The molecule has 9 atom stereocenters. The third-order valence-corrected chi connectivity index (χ3v) is 17.1. The molecule has 2 aliphatic heterocycles. The van der Waals surface area contributed by atoms with Gasteiger partial charge in [0.1, 0.15) is 19.9 Å². The summed E-state index contributed by atoms with van der Waals surface area (Å²) in [6.45, 7) is 5.50. The first-order valence-corrected chi connectivity index (χ1v) is 27.1. The number of ketones is 2. The van der Waals surface area contributed by atoms with Gasteiger partial charge in [0.15, 0.2) is 23.5 Å². The Morgan fingerprint density at radius 1 is 0.821 bits per heavy atom. The van der Waals surface area contributed by atoms with Crippen molar-refractivity contribution in [3.63, 3.8) is 0 Å². The molecule has 0 spiro atoms. The highest BCUT2D eigenvalue weighted by molar-refractivity contribution is 6.03. The van der Waals surface area contributed by atoms with Crippen molar-refractivity contribution in [3.05, 3.63) is 119 Å². The lowest BCUT2D eigenvalue weighted by atomic mass is 9.46. The molecule has 3 aromatic rings. The van der Waals surface area contributed by atoms with E-state index in [1.807, 2.05) is 80.6 Å². The van der Waals surface area contributed by atoms with E-state index in [4.69, 9.17) is 14.2 Å². The fourth-order valence-corrected chi connectivity index (χ4v) is 13.3. The minimum Gasteiger partial charge on any atom is -0.393 e. The molecule has 18 heteroatoms. The number of benzene rings is 3. The van der Waals surface area contributed by atoms with Gasteiger partial charge in [0, 0.05) is 35.3 Å². The molecule has 4 aliphatic carbocycles. The summed E-state index contributed by atoms with van der Waals surface area (Å²) >= 11 is 0. The number of aliphatic hydroxyl groups excluding tert-OH is 1. The van der Waals surface area contributed by atoms with Gasteiger partial charge in [-0.1, -0.05) is 112 Å². The summed E-state index contributed by atoms with van der Waals surface area (Å²) in [5.74, 6) is -3.90. The number of ether oxygens (including phenoxy) is 3. The first kappa shape index (κ1) is 55.6. The molecule has 3 aromatic carbocycles. The van der Waals surface area contributed by atoms with Gasteiger partial charge in [0.2, 0.25) is 35.4 Å². The summed E-state index contributed by atoms with van der Waals surface area (Å²) in [5, 5.41) is 22.1. The number of hydrogen-bond acceptors (Lipinski definition) is 12. The first-order chi connectivity index (χ1) is 37.4. The molecule has 3 unspecified atom stereocenters. The second-order valence-electron chi connectivity index (χ2n) is 21.8. The van der Waals surface area contributed by atoms with Crippen molar-refractivity contribution < 1.29 is 57.7 Å². The Balaban J connectivity index is 0.738. The molecule has 18 nitrogen and oxygen atoms in total. The molecule has 1 saturated heterocycles. The van der Waals surface area contributed by atoms with Crippen LogP contribution >= 0.6 is 0 Å². The summed E-state index contributed by atoms with van der Waals surface area (Å²) in [6, 6.07) is 22.2. The van der Waals surface area contributed by atoms with E-state index < -0.39 is 97.3 Å². The number of rotatable bonds is 19. The zero-order chi connectivity index (χ0) is 55.4. The number of nitrogens with zero attached hydrogens (tertiary/aromatic N) is 2. The van der Waals surface area contributed by atoms with Crippen molar-refractivity contribution in [2.24, 2.45) is 28.6 Å². The van der Waals surface area contributed by atoms with Crippen LogP contribution in [-0.2, 0) is 59.1 Å². The minimum absolute atomic E-state index is 0.0202. The van der Waals surface area contributed by atoms with Crippen molar-refractivity contribution in [2.45, 2.75) is 110 Å². The summed E-state index contributed by atoms with van der Waals surface area (Å²) in [5.41, 5.74) is 2.97. The van der Waals surface area contributed by atoms with Crippen molar-refractivity contribution in [1.82, 2.24) is 21.3 Å². The molecule has 6 aliphatic rings. The largest absolute Gasteiger partial charge is 0.393 e. The molecule has 9 rings (SSSR count). The van der Waals surface area contributed by atoms with Gasteiger partial charge in [-0.15, -0.1) is 0 Å². The topological polar surface area (TPSA) is 239 Å². The Hall–Kier alpha value is -7.12. The number of carbonyl (C=O) groups is 8. The molecule has 412 valence electrons. The van der Waals surface area contributed by atoms with E-state index in [-0.39, 0.29) is 54.8 Å². The van der Waals surface area contributed by atoms with Gasteiger partial charge in [0.25, 0.3) is 0 Å². The smallest absolute Gasteiger partial charge is 0.246 e. The number of aliphatic hydroxyl groups is 1. The highest BCUT2D eigenvalue weighted by Crippen LogP contribution is 2.69. The van der Waals surface area contributed by atoms with Gasteiger partial charge in [-0.05, 0) is 97.4 Å². The van der Waals surface area contributed by atoms with E-state index >= 15 is 0 Å². The Morgan fingerprint density at radius 3 is 2.28 bits per heavy atom. The van der Waals surface area contributed by atoms with Crippen LogP contribution in [0.2, 0.25) is 0 Å². The maximum atomic E-state index is 14.7. The highest BCUT2D eigenvalue weighted by Gasteiger charge is 2.75. The van der Waals surface area contributed by atoms with Crippen LogP contribution in [0, 0.1) is 35.5 Å². The quantitative estimate of drug-likeness (QED) is 0.0788. The number of hydrogen-bond donors (Lipinski definition) is 5. The van der Waals surface area contributed by atoms with E-state index in [2.05, 4.69) is 28.2 Å². The van der Waals surface area contributed by atoms with Crippen LogP contribution in [0.4, 0.5) is 11.4 Å². The zero-order valence-corrected chi connectivity index (χ0v) is 44.7. The standard InChI is InChI=1S/C60H70N6O12/c1-5-12-56-77-49-28-44-43-22-21-41-27-42(67)25-26-58(41,3)57(43)47(68)29-59(44,4)60(49,78-56)48(69)35-76-36-64-53(73)34-66(45-17-10-6-13-37(45)2)55(75)32-63-52(72)31-62-51(71)30-61-50(70)23-24-54(74)65-33-40-16-8-7-14-38(40)19-20-39-15-9-11-18-46(39)65/h6-11,13-20,25-27,43-44,47,49,56-57,68H,5,12,21-24,28-36H2,1-4H3,(H,61,70)(H,62,71)(H,63,72)(H,64,73)/b20-19-/t43-,44?,47-,49+,56?,57?,58-,59-,60+/m0/s1. The molecule has 0 bridgehead atoms. The van der Waals surface area contributed by atoms with Gasteiger partial charge < -0.3 is 50.4 Å². The number of carbonyl (C=O) groups excluding carboxylic acids is 8. The highest BCUT2D eigenvalue weighted by atomic mass is 16.7. The predicted molar refractivity (Wildman–Crippen MR) is 290 cm³/mol. The molecule has 3 saturated carbocycles.